The first-order valence-corrected chi connectivity index (χ1v) is 8.34. The van der Waals surface area contributed by atoms with Crippen LogP contribution in [0.1, 0.15) is 17.2 Å². The first-order chi connectivity index (χ1) is 11.7. The second kappa shape index (κ2) is 8.43. The summed E-state index contributed by atoms with van der Waals surface area (Å²) in [5.41, 5.74) is 0.918. The minimum absolute atomic E-state index is 0.318. The zero-order valence-electron chi connectivity index (χ0n) is 14.1. The zero-order chi connectivity index (χ0) is 16.8. The van der Waals surface area contributed by atoms with Crippen molar-refractivity contribution in [2.75, 3.05) is 39.3 Å². The Balaban J connectivity index is 1.31. The van der Waals surface area contributed by atoms with Crippen LogP contribution in [-0.2, 0) is 17.9 Å². The van der Waals surface area contributed by atoms with E-state index in [1.807, 2.05) is 25.1 Å². The van der Waals surface area contributed by atoms with E-state index in [-0.39, 0.29) is 0 Å². The molecule has 0 unspecified atom stereocenters. The van der Waals surface area contributed by atoms with Crippen molar-refractivity contribution in [1.82, 2.24) is 15.0 Å². The molecule has 7 nitrogen and oxygen atoms in total. The Morgan fingerprint density at radius 2 is 2.04 bits per heavy atom. The van der Waals surface area contributed by atoms with Gasteiger partial charge in [-0.2, -0.15) is 0 Å². The number of aryl methyl sites for hydroxylation is 1. The highest BCUT2D eigenvalue weighted by atomic mass is 16.5. The van der Waals surface area contributed by atoms with E-state index in [4.69, 9.17) is 13.7 Å². The topological polar surface area (TPSA) is 75.1 Å². The van der Waals surface area contributed by atoms with Crippen molar-refractivity contribution in [2.24, 2.45) is 0 Å². The molecule has 1 aliphatic rings. The lowest BCUT2D eigenvalue weighted by atomic mass is 10.2. The summed E-state index contributed by atoms with van der Waals surface area (Å²) < 4.78 is 15.9. The van der Waals surface area contributed by atoms with Gasteiger partial charge in [-0.15, -0.1) is 0 Å². The molecule has 0 aromatic carbocycles. The average Bonchev–Trinajstić information content (AvgIpc) is 3.21. The van der Waals surface area contributed by atoms with Crippen LogP contribution >= 0.6 is 0 Å². The van der Waals surface area contributed by atoms with Crippen molar-refractivity contribution >= 4 is 0 Å². The number of nitrogens with zero attached hydrogens (tertiary/aromatic N) is 3. The van der Waals surface area contributed by atoms with E-state index in [9.17, 15) is 5.11 Å². The van der Waals surface area contributed by atoms with Crippen LogP contribution in [0.15, 0.2) is 33.4 Å². The standard InChI is InChI=1S/C17H25N3O4/c1-14-9-17(24-18-14)11-20-6-4-19(5-7-20)10-15(21)12-22-13-16-3-2-8-23-16/h2-3,8-9,15,21H,4-7,10-13H2,1H3/t15-/m1/s1. The van der Waals surface area contributed by atoms with E-state index in [0.717, 1.165) is 49.9 Å². The number of piperazine rings is 1. The van der Waals surface area contributed by atoms with Gasteiger partial charge < -0.3 is 18.8 Å². The van der Waals surface area contributed by atoms with Gasteiger partial charge in [-0.25, -0.2) is 0 Å². The van der Waals surface area contributed by atoms with Crippen LogP contribution < -0.4 is 0 Å². The van der Waals surface area contributed by atoms with Gasteiger partial charge in [-0.05, 0) is 19.1 Å². The summed E-state index contributed by atoms with van der Waals surface area (Å²) in [4.78, 5) is 4.61. The molecule has 0 saturated carbocycles. The van der Waals surface area contributed by atoms with E-state index in [0.29, 0.717) is 19.8 Å². The number of furan rings is 1. The maximum atomic E-state index is 10.1. The highest BCUT2D eigenvalue weighted by Gasteiger charge is 2.20. The second-order valence-electron chi connectivity index (χ2n) is 6.26. The number of hydrogen-bond acceptors (Lipinski definition) is 7. The van der Waals surface area contributed by atoms with Crippen molar-refractivity contribution < 1.29 is 18.8 Å². The van der Waals surface area contributed by atoms with Crippen LogP contribution in [0.5, 0.6) is 0 Å². The lowest BCUT2D eigenvalue weighted by Crippen LogP contribution is -2.48. The Bertz CT molecular complexity index is 591. The Morgan fingerprint density at radius 3 is 2.71 bits per heavy atom. The monoisotopic (exact) mass is 335 g/mol. The number of aliphatic hydroxyl groups is 1. The number of aliphatic hydroxyl groups excluding tert-OH is 1. The van der Waals surface area contributed by atoms with Crippen molar-refractivity contribution in [2.45, 2.75) is 26.2 Å². The average molecular weight is 335 g/mol. The predicted octanol–water partition coefficient (Wildman–Crippen LogP) is 1.27. The van der Waals surface area contributed by atoms with Gasteiger partial charge in [0.15, 0.2) is 5.76 Å². The molecule has 0 radical (unpaired) electrons. The summed E-state index contributed by atoms with van der Waals surface area (Å²) in [6.07, 6.45) is 1.14. The minimum atomic E-state index is -0.483. The lowest BCUT2D eigenvalue weighted by molar-refractivity contribution is -0.00352. The van der Waals surface area contributed by atoms with E-state index < -0.39 is 6.10 Å². The number of hydrogen-bond donors (Lipinski definition) is 1. The molecule has 132 valence electrons. The fraction of sp³-hybridized carbons (Fsp3) is 0.588. The van der Waals surface area contributed by atoms with Crippen LogP contribution in [0.4, 0.5) is 0 Å². The SMILES string of the molecule is Cc1cc(CN2CCN(C[C@@H](O)COCc3ccco3)CC2)on1. The Kier molecular flexibility index (Phi) is 6.03. The van der Waals surface area contributed by atoms with Gasteiger partial charge >= 0.3 is 0 Å². The molecule has 0 bridgehead atoms. The highest BCUT2D eigenvalue weighted by molar-refractivity contribution is 5.03. The van der Waals surface area contributed by atoms with Crippen LogP contribution in [0.2, 0.25) is 0 Å². The number of aromatic nitrogens is 1. The Morgan fingerprint density at radius 1 is 1.25 bits per heavy atom. The van der Waals surface area contributed by atoms with E-state index >= 15 is 0 Å². The molecule has 7 heteroatoms. The lowest BCUT2D eigenvalue weighted by Gasteiger charge is -2.35. The third kappa shape index (κ3) is 5.17. The van der Waals surface area contributed by atoms with E-state index in [1.54, 1.807) is 6.26 Å². The molecule has 2 aromatic heterocycles. The molecular formula is C17H25N3O4. The summed E-state index contributed by atoms with van der Waals surface area (Å²) in [7, 11) is 0. The summed E-state index contributed by atoms with van der Waals surface area (Å²) in [6, 6.07) is 5.67. The molecule has 1 N–H and O–H groups in total. The third-order valence-electron chi connectivity index (χ3n) is 4.12. The molecule has 0 aliphatic carbocycles. The Hall–Kier alpha value is -1.67. The van der Waals surface area contributed by atoms with E-state index in [2.05, 4.69) is 15.0 Å². The summed E-state index contributed by atoms with van der Waals surface area (Å²) in [5, 5.41) is 14.0. The van der Waals surface area contributed by atoms with Gasteiger partial charge in [0.25, 0.3) is 0 Å². The summed E-state index contributed by atoms with van der Waals surface area (Å²) >= 11 is 0. The molecule has 0 amide bonds. The predicted molar refractivity (Wildman–Crippen MR) is 87.3 cm³/mol. The molecule has 1 fully saturated rings. The first kappa shape index (κ1) is 17.2. The van der Waals surface area contributed by atoms with Gasteiger partial charge in [0.2, 0.25) is 0 Å². The van der Waals surface area contributed by atoms with Crippen molar-refractivity contribution in [3.05, 3.63) is 41.7 Å². The van der Waals surface area contributed by atoms with Crippen molar-refractivity contribution in [1.29, 1.82) is 0 Å². The van der Waals surface area contributed by atoms with Crippen LogP contribution in [0.25, 0.3) is 0 Å². The van der Waals surface area contributed by atoms with Gasteiger partial charge in [-0.3, -0.25) is 9.80 Å². The first-order valence-electron chi connectivity index (χ1n) is 8.34. The Labute approximate surface area is 141 Å². The molecule has 2 aromatic rings. The van der Waals surface area contributed by atoms with Gasteiger partial charge in [-0.1, -0.05) is 5.16 Å². The molecule has 3 heterocycles. The molecule has 1 atom stereocenters. The van der Waals surface area contributed by atoms with Crippen molar-refractivity contribution in [3.8, 4) is 0 Å². The molecular weight excluding hydrogens is 310 g/mol. The summed E-state index contributed by atoms with van der Waals surface area (Å²) in [6.45, 7) is 7.86. The maximum absolute atomic E-state index is 10.1. The minimum Gasteiger partial charge on any atom is -0.467 e. The van der Waals surface area contributed by atoms with Crippen LogP contribution in [0, 0.1) is 6.92 Å². The molecule has 1 aliphatic heterocycles. The van der Waals surface area contributed by atoms with Crippen molar-refractivity contribution in [3.63, 3.8) is 0 Å². The number of β-amino-alcohol motifs (C(OH)–C–C–N with tert-alkyl or cyclic N) is 1. The molecule has 0 spiro atoms. The van der Waals surface area contributed by atoms with Gasteiger partial charge in [0.1, 0.15) is 12.4 Å². The maximum Gasteiger partial charge on any atom is 0.150 e. The number of rotatable bonds is 8. The zero-order valence-corrected chi connectivity index (χ0v) is 14.1. The normalized spacial score (nSPS) is 18.1. The second-order valence-corrected chi connectivity index (χ2v) is 6.26. The van der Waals surface area contributed by atoms with Gasteiger partial charge in [0.05, 0.1) is 31.2 Å². The summed E-state index contributed by atoms with van der Waals surface area (Å²) in [5.74, 6) is 1.69. The molecule has 3 rings (SSSR count). The van der Waals surface area contributed by atoms with Crippen LogP contribution in [-0.4, -0.2) is 65.5 Å². The molecule has 1 saturated heterocycles. The van der Waals surface area contributed by atoms with Gasteiger partial charge in [0, 0.05) is 38.8 Å². The smallest absolute Gasteiger partial charge is 0.150 e. The fourth-order valence-electron chi connectivity index (χ4n) is 2.88. The number of ether oxygens (including phenoxy) is 1. The largest absolute Gasteiger partial charge is 0.467 e. The molecule has 24 heavy (non-hydrogen) atoms. The van der Waals surface area contributed by atoms with E-state index in [1.165, 1.54) is 0 Å². The highest BCUT2D eigenvalue weighted by Crippen LogP contribution is 2.10. The van der Waals surface area contributed by atoms with Crippen LogP contribution in [0.3, 0.4) is 0 Å². The quantitative estimate of drug-likeness (QED) is 0.778. The fourth-order valence-corrected chi connectivity index (χ4v) is 2.88. The third-order valence-corrected chi connectivity index (χ3v) is 4.12.